The molecule has 0 fully saturated rings. The summed E-state index contributed by atoms with van der Waals surface area (Å²) in [4.78, 5) is 27.9. The summed E-state index contributed by atoms with van der Waals surface area (Å²) < 4.78 is 0. The number of aromatic nitrogens is 4. The second-order valence-corrected chi connectivity index (χ2v) is 4.85. The molecule has 0 saturated carbocycles. The van der Waals surface area contributed by atoms with E-state index in [4.69, 9.17) is 0 Å². The fourth-order valence-corrected chi connectivity index (χ4v) is 2.32. The van der Waals surface area contributed by atoms with Gasteiger partial charge in [-0.1, -0.05) is 0 Å². The molecule has 0 spiro atoms. The van der Waals surface area contributed by atoms with Crippen LogP contribution in [-0.4, -0.2) is 25.8 Å². The third-order valence-corrected chi connectivity index (χ3v) is 3.41. The van der Waals surface area contributed by atoms with E-state index in [2.05, 4.69) is 25.3 Å². The number of carbonyl (C=O) groups is 1. The second kappa shape index (κ2) is 4.92. The lowest BCUT2D eigenvalue weighted by atomic mass is 10.2. The monoisotopic (exact) mass is 289 g/mol. The number of carbonyl (C=O) groups excluding carboxylic acids is 1. The average molecular weight is 289 g/mol. The highest BCUT2D eigenvalue weighted by Crippen LogP contribution is 2.17. The molecule has 4 rings (SSSR count). The highest BCUT2D eigenvalue weighted by Gasteiger charge is 2.08. The van der Waals surface area contributed by atoms with E-state index >= 15 is 0 Å². The van der Waals surface area contributed by atoms with Crippen molar-refractivity contribution in [2.45, 2.75) is 0 Å². The van der Waals surface area contributed by atoms with Crippen molar-refractivity contribution in [3.05, 3.63) is 60.7 Å². The predicted molar refractivity (Wildman–Crippen MR) is 83.6 cm³/mol. The van der Waals surface area contributed by atoms with E-state index in [-0.39, 0.29) is 5.91 Å². The molecule has 106 valence electrons. The predicted octanol–water partition coefficient (Wildman–Crippen LogP) is 2.76. The Morgan fingerprint density at radius 2 is 1.73 bits per heavy atom. The number of nitrogens with one attached hydrogen (secondary N) is 2. The first-order valence-electron chi connectivity index (χ1n) is 6.75. The Morgan fingerprint density at radius 3 is 2.64 bits per heavy atom. The van der Waals surface area contributed by atoms with Crippen molar-refractivity contribution in [2.24, 2.45) is 0 Å². The van der Waals surface area contributed by atoms with Crippen LogP contribution in [0.25, 0.3) is 22.1 Å². The van der Waals surface area contributed by atoms with Crippen molar-refractivity contribution in [1.29, 1.82) is 0 Å². The molecule has 22 heavy (non-hydrogen) atoms. The molecule has 2 heterocycles. The summed E-state index contributed by atoms with van der Waals surface area (Å²) in [6, 6.07) is 10.8. The first kappa shape index (κ1) is 12.5. The lowest BCUT2D eigenvalue weighted by molar-refractivity contribution is 0.102. The van der Waals surface area contributed by atoms with Crippen LogP contribution >= 0.6 is 0 Å². The van der Waals surface area contributed by atoms with Gasteiger partial charge in [-0.25, -0.2) is 4.98 Å². The number of hydrogen-bond donors (Lipinski definition) is 2. The third-order valence-electron chi connectivity index (χ3n) is 3.41. The standard InChI is InChI=1S/C16H11N5O/c22-16(10-1-3-13-14(7-10)20-9-19-13)21-11-2-4-12-15(8-11)18-6-5-17-12/h1-9H,(H,19,20)(H,21,22). The quantitative estimate of drug-likeness (QED) is 0.594. The van der Waals surface area contributed by atoms with E-state index in [1.54, 1.807) is 36.9 Å². The number of fused-ring (bicyclic) bond motifs is 2. The van der Waals surface area contributed by atoms with Crippen molar-refractivity contribution in [3.63, 3.8) is 0 Å². The van der Waals surface area contributed by atoms with Crippen LogP contribution in [0.1, 0.15) is 10.4 Å². The number of aromatic amines is 1. The minimum atomic E-state index is -0.181. The van der Waals surface area contributed by atoms with Gasteiger partial charge < -0.3 is 10.3 Å². The normalized spacial score (nSPS) is 10.9. The molecule has 0 aliphatic heterocycles. The smallest absolute Gasteiger partial charge is 0.255 e. The number of H-pyrrole nitrogens is 1. The van der Waals surface area contributed by atoms with Crippen LogP contribution in [0.4, 0.5) is 5.69 Å². The fourth-order valence-electron chi connectivity index (χ4n) is 2.32. The van der Waals surface area contributed by atoms with Gasteiger partial charge in [0.1, 0.15) is 0 Å². The topological polar surface area (TPSA) is 83.6 Å². The lowest BCUT2D eigenvalue weighted by Crippen LogP contribution is -2.11. The molecule has 0 atom stereocenters. The minimum Gasteiger partial charge on any atom is -0.345 e. The molecule has 1 amide bonds. The molecule has 0 unspecified atom stereocenters. The van der Waals surface area contributed by atoms with Gasteiger partial charge in [-0.3, -0.25) is 14.8 Å². The van der Waals surface area contributed by atoms with Crippen molar-refractivity contribution in [3.8, 4) is 0 Å². The summed E-state index contributed by atoms with van der Waals surface area (Å²) in [6.07, 6.45) is 4.87. The zero-order chi connectivity index (χ0) is 14.9. The van der Waals surface area contributed by atoms with Crippen LogP contribution in [0.5, 0.6) is 0 Å². The summed E-state index contributed by atoms with van der Waals surface area (Å²) in [5, 5.41) is 2.87. The van der Waals surface area contributed by atoms with Crippen LogP contribution in [0.2, 0.25) is 0 Å². The highest BCUT2D eigenvalue weighted by atomic mass is 16.1. The molecule has 6 heteroatoms. The molecule has 2 aromatic heterocycles. The van der Waals surface area contributed by atoms with Gasteiger partial charge in [-0.2, -0.15) is 0 Å². The molecular formula is C16H11N5O. The largest absolute Gasteiger partial charge is 0.345 e. The van der Waals surface area contributed by atoms with E-state index in [0.29, 0.717) is 11.3 Å². The van der Waals surface area contributed by atoms with Crippen LogP contribution < -0.4 is 5.32 Å². The van der Waals surface area contributed by atoms with Gasteiger partial charge in [0, 0.05) is 23.6 Å². The Hall–Kier alpha value is -3.28. The van der Waals surface area contributed by atoms with Crippen molar-refractivity contribution in [2.75, 3.05) is 5.32 Å². The number of imidazole rings is 1. The third kappa shape index (κ3) is 2.16. The maximum Gasteiger partial charge on any atom is 0.255 e. The molecule has 4 aromatic rings. The number of benzene rings is 2. The van der Waals surface area contributed by atoms with Crippen LogP contribution in [0.15, 0.2) is 55.1 Å². The molecule has 2 aromatic carbocycles. The van der Waals surface area contributed by atoms with E-state index in [1.165, 1.54) is 0 Å². The minimum absolute atomic E-state index is 0.181. The van der Waals surface area contributed by atoms with Gasteiger partial charge >= 0.3 is 0 Å². The molecule has 2 N–H and O–H groups in total. The van der Waals surface area contributed by atoms with Crippen molar-refractivity contribution < 1.29 is 4.79 Å². The number of hydrogen-bond acceptors (Lipinski definition) is 4. The zero-order valence-corrected chi connectivity index (χ0v) is 11.4. The second-order valence-electron chi connectivity index (χ2n) is 4.85. The first-order valence-corrected chi connectivity index (χ1v) is 6.75. The number of anilines is 1. The van der Waals surface area contributed by atoms with E-state index < -0.39 is 0 Å². The van der Waals surface area contributed by atoms with E-state index in [1.807, 2.05) is 18.2 Å². The SMILES string of the molecule is O=C(Nc1ccc2nccnc2c1)c1ccc2nc[nH]c2c1. The summed E-state index contributed by atoms with van der Waals surface area (Å²) in [6.45, 7) is 0. The van der Waals surface area contributed by atoms with Gasteiger partial charge in [-0.15, -0.1) is 0 Å². The van der Waals surface area contributed by atoms with E-state index in [9.17, 15) is 4.79 Å². The van der Waals surface area contributed by atoms with Gasteiger partial charge in [0.25, 0.3) is 5.91 Å². The Bertz CT molecular complexity index is 992. The van der Waals surface area contributed by atoms with Crippen LogP contribution in [0, 0.1) is 0 Å². The summed E-state index contributed by atoms with van der Waals surface area (Å²) >= 11 is 0. The molecular weight excluding hydrogens is 278 g/mol. The van der Waals surface area contributed by atoms with Gasteiger partial charge in [0.2, 0.25) is 0 Å². The average Bonchev–Trinajstić information content (AvgIpc) is 3.02. The number of rotatable bonds is 2. The molecule has 0 saturated heterocycles. The Labute approximate surface area is 125 Å². The molecule has 0 aliphatic carbocycles. The number of nitrogens with zero attached hydrogens (tertiary/aromatic N) is 3. The van der Waals surface area contributed by atoms with Crippen LogP contribution in [0.3, 0.4) is 0 Å². The van der Waals surface area contributed by atoms with E-state index in [0.717, 1.165) is 22.1 Å². The number of amides is 1. The van der Waals surface area contributed by atoms with Gasteiger partial charge in [0.05, 0.1) is 28.4 Å². The molecule has 0 radical (unpaired) electrons. The first-order chi connectivity index (χ1) is 10.8. The highest BCUT2D eigenvalue weighted by molar-refractivity contribution is 6.06. The van der Waals surface area contributed by atoms with Crippen LogP contribution in [-0.2, 0) is 0 Å². The Kier molecular flexibility index (Phi) is 2.79. The van der Waals surface area contributed by atoms with Crippen molar-refractivity contribution >= 4 is 33.7 Å². The summed E-state index contributed by atoms with van der Waals surface area (Å²) in [5.41, 5.74) is 4.44. The maximum atomic E-state index is 12.3. The molecule has 0 aliphatic rings. The van der Waals surface area contributed by atoms with Gasteiger partial charge in [-0.05, 0) is 36.4 Å². The van der Waals surface area contributed by atoms with Crippen molar-refractivity contribution in [1.82, 2.24) is 19.9 Å². The summed E-state index contributed by atoms with van der Waals surface area (Å²) in [7, 11) is 0. The molecule has 6 nitrogen and oxygen atoms in total. The Balaban J connectivity index is 1.64. The zero-order valence-electron chi connectivity index (χ0n) is 11.4. The molecule has 0 bridgehead atoms. The fraction of sp³-hybridized carbons (Fsp3) is 0. The lowest BCUT2D eigenvalue weighted by Gasteiger charge is -2.06. The summed E-state index contributed by atoms with van der Waals surface area (Å²) in [5.74, 6) is -0.181. The Morgan fingerprint density at radius 1 is 0.909 bits per heavy atom. The van der Waals surface area contributed by atoms with Gasteiger partial charge in [0.15, 0.2) is 0 Å². The maximum absolute atomic E-state index is 12.3.